The van der Waals surface area contributed by atoms with Gasteiger partial charge in [-0.3, -0.25) is 15.5 Å². The van der Waals surface area contributed by atoms with Crippen molar-refractivity contribution in [1.82, 2.24) is 0 Å². The zero-order valence-electron chi connectivity index (χ0n) is 10.4. The molecular formula is C14H13N3O2. The van der Waals surface area contributed by atoms with Crippen molar-refractivity contribution in [1.29, 1.82) is 0 Å². The zero-order valence-corrected chi connectivity index (χ0v) is 10.4. The Morgan fingerprint density at radius 2 is 1.84 bits per heavy atom. The van der Waals surface area contributed by atoms with E-state index in [0.29, 0.717) is 0 Å². The minimum absolute atomic E-state index is 0.0732. The summed E-state index contributed by atoms with van der Waals surface area (Å²) in [6.45, 7) is 1.99. The van der Waals surface area contributed by atoms with Gasteiger partial charge in [0.1, 0.15) is 0 Å². The van der Waals surface area contributed by atoms with Crippen molar-refractivity contribution >= 4 is 17.6 Å². The second kappa shape index (κ2) is 5.77. The van der Waals surface area contributed by atoms with Crippen LogP contribution in [0.25, 0.3) is 0 Å². The molecule has 2 rings (SSSR count). The molecule has 0 fully saturated rings. The average Bonchev–Trinajstić information content (AvgIpc) is 2.41. The lowest BCUT2D eigenvalue weighted by atomic mass is 10.2. The van der Waals surface area contributed by atoms with Gasteiger partial charge >= 0.3 is 0 Å². The molecule has 0 unspecified atom stereocenters. The van der Waals surface area contributed by atoms with Crippen LogP contribution in [0.5, 0.6) is 0 Å². The summed E-state index contributed by atoms with van der Waals surface area (Å²) in [5.74, 6) is 0. The van der Waals surface area contributed by atoms with Crippen LogP contribution in [0.3, 0.4) is 0 Å². The van der Waals surface area contributed by atoms with Gasteiger partial charge in [-0.05, 0) is 36.2 Å². The second-order valence-electron chi connectivity index (χ2n) is 4.03. The maximum atomic E-state index is 10.5. The molecule has 19 heavy (non-hydrogen) atoms. The minimum Gasteiger partial charge on any atom is -0.278 e. The number of hydrogen-bond acceptors (Lipinski definition) is 4. The van der Waals surface area contributed by atoms with Crippen LogP contribution in [0.2, 0.25) is 0 Å². The number of anilines is 1. The highest BCUT2D eigenvalue weighted by Gasteiger charge is 2.02. The van der Waals surface area contributed by atoms with Crippen molar-refractivity contribution < 1.29 is 4.92 Å². The first-order valence-corrected chi connectivity index (χ1v) is 5.76. The first-order chi connectivity index (χ1) is 9.16. The summed E-state index contributed by atoms with van der Waals surface area (Å²) in [4.78, 5) is 10.1. The third-order valence-electron chi connectivity index (χ3n) is 2.65. The summed E-state index contributed by atoms with van der Waals surface area (Å²) >= 11 is 0. The number of aryl methyl sites for hydroxylation is 1. The Morgan fingerprint density at radius 1 is 1.16 bits per heavy atom. The number of nitro benzene ring substituents is 1. The van der Waals surface area contributed by atoms with Crippen LogP contribution in [0.4, 0.5) is 11.4 Å². The highest BCUT2D eigenvalue weighted by molar-refractivity contribution is 5.80. The summed E-state index contributed by atoms with van der Waals surface area (Å²) < 4.78 is 0. The molecule has 0 amide bonds. The molecule has 0 aromatic heterocycles. The molecular weight excluding hydrogens is 242 g/mol. The second-order valence-corrected chi connectivity index (χ2v) is 4.03. The van der Waals surface area contributed by atoms with Crippen molar-refractivity contribution in [3.05, 3.63) is 69.8 Å². The monoisotopic (exact) mass is 255 g/mol. The molecule has 2 aromatic carbocycles. The fourth-order valence-electron chi connectivity index (χ4n) is 1.56. The van der Waals surface area contributed by atoms with Crippen LogP contribution in [-0.4, -0.2) is 11.1 Å². The maximum Gasteiger partial charge on any atom is 0.269 e. The lowest BCUT2D eigenvalue weighted by Crippen LogP contribution is -1.93. The summed E-state index contributed by atoms with van der Waals surface area (Å²) in [5, 5.41) is 14.6. The number of hydrogen-bond donors (Lipinski definition) is 1. The zero-order chi connectivity index (χ0) is 13.7. The van der Waals surface area contributed by atoms with Gasteiger partial charge in [0.15, 0.2) is 0 Å². The van der Waals surface area contributed by atoms with E-state index in [2.05, 4.69) is 10.5 Å². The molecule has 0 atom stereocenters. The first-order valence-electron chi connectivity index (χ1n) is 5.76. The van der Waals surface area contributed by atoms with Gasteiger partial charge in [0.2, 0.25) is 0 Å². The fourth-order valence-corrected chi connectivity index (χ4v) is 1.56. The number of benzene rings is 2. The van der Waals surface area contributed by atoms with Gasteiger partial charge in [-0.25, -0.2) is 0 Å². The molecule has 0 heterocycles. The van der Waals surface area contributed by atoms with Crippen molar-refractivity contribution in [2.75, 3.05) is 5.43 Å². The summed E-state index contributed by atoms with van der Waals surface area (Å²) in [7, 11) is 0. The Morgan fingerprint density at radius 3 is 2.47 bits per heavy atom. The molecule has 0 bridgehead atoms. The number of non-ortho nitro benzene ring substituents is 1. The molecule has 0 aliphatic heterocycles. The van der Waals surface area contributed by atoms with Gasteiger partial charge in [-0.15, -0.1) is 0 Å². The summed E-state index contributed by atoms with van der Waals surface area (Å²) in [6.07, 6.45) is 1.62. The molecule has 0 spiro atoms. The normalized spacial score (nSPS) is 10.6. The van der Waals surface area contributed by atoms with E-state index in [9.17, 15) is 10.1 Å². The van der Waals surface area contributed by atoms with Gasteiger partial charge in [0.05, 0.1) is 16.8 Å². The smallest absolute Gasteiger partial charge is 0.269 e. The standard InChI is InChI=1S/C14H13N3O2/c1-11-4-2-3-5-14(11)16-15-10-12-6-8-13(9-7-12)17(18)19/h2-10,16H,1H3/b15-10+. The highest BCUT2D eigenvalue weighted by atomic mass is 16.6. The largest absolute Gasteiger partial charge is 0.278 e. The number of para-hydroxylation sites is 1. The van der Waals surface area contributed by atoms with Crippen LogP contribution in [0.15, 0.2) is 53.6 Å². The number of nitro groups is 1. The third kappa shape index (κ3) is 3.38. The average molecular weight is 255 g/mol. The lowest BCUT2D eigenvalue weighted by Gasteiger charge is -2.03. The van der Waals surface area contributed by atoms with Crippen molar-refractivity contribution in [3.63, 3.8) is 0 Å². The van der Waals surface area contributed by atoms with Crippen LogP contribution >= 0.6 is 0 Å². The highest BCUT2D eigenvalue weighted by Crippen LogP contribution is 2.13. The quantitative estimate of drug-likeness (QED) is 0.517. The fraction of sp³-hybridized carbons (Fsp3) is 0.0714. The molecule has 0 aliphatic carbocycles. The first kappa shape index (κ1) is 12.8. The molecule has 5 nitrogen and oxygen atoms in total. The van der Waals surface area contributed by atoms with E-state index < -0.39 is 4.92 Å². The molecule has 0 saturated carbocycles. The van der Waals surface area contributed by atoms with Gasteiger partial charge < -0.3 is 0 Å². The molecule has 2 aromatic rings. The van der Waals surface area contributed by atoms with E-state index in [0.717, 1.165) is 16.8 Å². The van der Waals surface area contributed by atoms with Crippen molar-refractivity contribution in [2.45, 2.75) is 6.92 Å². The number of rotatable bonds is 4. The van der Waals surface area contributed by atoms with Crippen molar-refractivity contribution in [3.8, 4) is 0 Å². The Balaban J connectivity index is 2.03. The van der Waals surface area contributed by atoms with Crippen LogP contribution in [0, 0.1) is 17.0 Å². The van der Waals surface area contributed by atoms with E-state index in [1.807, 2.05) is 31.2 Å². The van der Waals surface area contributed by atoms with E-state index in [1.54, 1.807) is 18.3 Å². The summed E-state index contributed by atoms with van der Waals surface area (Å²) in [5.41, 5.74) is 5.84. The predicted octanol–water partition coefficient (Wildman–Crippen LogP) is 3.35. The molecule has 1 N–H and O–H groups in total. The maximum absolute atomic E-state index is 10.5. The SMILES string of the molecule is Cc1ccccc1N/N=C/c1ccc([N+](=O)[O-])cc1. The minimum atomic E-state index is -0.424. The van der Waals surface area contributed by atoms with E-state index in [-0.39, 0.29) is 5.69 Å². The molecule has 0 radical (unpaired) electrons. The molecule has 96 valence electrons. The van der Waals surface area contributed by atoms with Gasteiger partial charge in [0.25, 0.3) is 5.69 Å². The number of hydrazone groups is 1. The van der Waals surface area contributed by atoms with Crippen LogP contribution < -0.4 is 5.43 Å². The Kier molecular flexibility index (Phi) is 3.87. The van der Waals surface area contributed by atoms with Gasteiger partial charge in [-0.2, -0.15) is 5.10 Å². The molecule has 5 heteroatoms. The Hall–Kier alpha value is -2.69. The van der Waals surface area contributed by atoms with Crippen LogP contribution in [-0.2, 0) is 0 Å². The van der Waals surface area contributed by atoms with Crippen molar-refractivity contribution in [2.24, 2.45) is 5.10 Å². The van der Waals surface area contributed by atoms with E-state index in [1.165, 1.54) is 12.1 Å². The lowest BCUT2D eigenvalue weighted by molar-refractivity contribution is -0.384. The third-order valence-corrected chi connectivity index (χ3v) is 2.65. The van der Waals surface area contributed by atoms with Crippen LogP contribution in [0.1, 0.15) is 11.1 Å². The molecule has 0 aliphatic rings. The van der Waals surface area contributed by atoms with Gasteiger partial charge in [0, 0.05) is 12.1 Å². The Labute approximate surface area is 110 Å². The Bertz CT molecular complexity index is 606. The predicted molar refractivity (Wildman–Crippen MR) is 75.5 cm³/mol. The van der Waals surface area contributed by atoms with Gasteiger partial charge in [-0.1, -0.05) is 18.2 Å². The topological polar surface area (TPSA) is 67.5 Å². The van der Waals surface area contributed by atoms with E-state index >= 15 is 0 Å². The number of nitrogens with zero attached hydrogens (tertiary/aromatic N) is 2. The summed E-state index contributed by atoms with van der Waals surface area (Å²) in [6, 6.07) is 14.0. The molecule has 0 saturated heterocycles. The number of nitrogens with one attached hydrogen (secondary N) is 1. The van der Waals surface area contributed by atoms with E-state index in [4.69, 9.17) is 0 Å².